The Kier molecular flexibility index (Phi) is 5.74. The normalized spacial score (nSPS) is 14.2. The van der Waals surface area contributed by atoms with Gasteiger partial charge in [0, 0.05) is 6.04 Å². The lowest BCUT2D eigenvalue weighted by Crippen LogP contribution is -2.42. The minimum absolute atomic E-state index is 0.0620. The maximum atomic E-state index is 12.1. The summed E-state index contributed by atoms with van der Waals surface area (Å²) in [5, 5.41) is 3.45. The molecule has 0 spiro atoms. The van der Waals surface area contributed by atoms with Gasteiger partial charge in [-0.2, -0.15) is 0 Å². The van der Waals surface area contributed by atoms with Crippen molar-refractivity contribution in [3.05, 3.63) is 29.8 Å². The van der Waals surface area contributed by atoms with E-state index in [0.717, 1.165) is 12.1 Å². The number of hydrogen-bond donors (Lipinski definition) is 2. The van der Waals surface area contributed by atoms with Crippen LogP contribution >= 0.6 is 0 Å². The SMILES string of the molecule is CCNC(Cc1ccccc1S(=O)(=O)NC)C(C)(C)C. The summed E-state index contributed by atoms with van der Waals surface area (Å²) in [6, 6.07) is 7.41. The predicted octanol–water partition coefficient (Wildman–Crippen LogP) is 2.16. The summed E-state index contributed by atoms with van der Waals surface area (Å²) in [6.07, 6.45) is 0.689. The van der Waals surface area contributed by atoms with E-state index in [4.69, 9.17) is 0 Å². The fourth-order valence-corrected chi connectivity index (χ4v) is 3.17. The lowest BCUT2D eigenvalue weighted by atomic mass is 9.83. The van der Waals surface area contributed by atoms with Gasteiger partial charge >= 0.3 is 0 Å². The highest BCUT2D eigenvalue weighted by atomic mass is 32.2. The number of likely N-dealkylation sites (N-methyl/N-ethyl adjacent to an activating group) is 1. The molecule has 0 saturated carbocycles. The molecule has 1 aromatic carbocycles. The fraction of sp³-hybridized carbons (Fsp3) is 0.600. The summed E-state index contributed by atoms with van der Waals surface area (Å²) in [7, 11) is -1.97. The van der Waals surface area contributed by atoms with Crippen LogP contribution in [0, 0.1) is 5.41 Å². The van der Waals surface area contributed by atoms with E-state index < -0.39 is 10.0 Å². The Hall–Kier alpha value is -0.910. The third-order valence-electron chi connectivity index (χ3n) is 3.45. The Morgan fingerprint density at radius 1 is 1.20 bits per heavy atom. The van der Waals surface area contributed by atoms with E-state index in [2.05, 4.69) is 37.7 Å². The van der Waals surface area contributed by atoms with Crippen LogP contribution < -0.4 is 10.0 Å². The van der Waals surface area contributed by atoms with Crippen molar-refractivity contribution in [1.29, 1.82) is 0 Å². The van der Waals surface area contributed by atoms with Gasteiger partial charge < -0.3 is 5.32 Å². The molecule has 0 amide bonds. The molecule has 4 nitrogen and oxygen atoms in total. The van der Waals surface area contributed by atoms with Crippen LogP contribution in [0.25, 0.3) is 0 Å². The van der Waals surface area contributed by atoms with Crippen molar-refractivity contribution in [2.75, 3.05) is 13.6 Å². The summed E-state index contributed by atoms with van der Waals surface area (Å²) >= 11 is 0. The Balaban J connectivity index is 3.15. The van der Waals surface area contributed by atoms with Gasteiger partial charge in [-0.25, -0.2) is 13.1 Å². The molecule has 0 aliphatic carbocycles. The van der Waals surface area contributed by atoms with E-state index in [9.17, 15) is 8.42 Å². The van der Waals surface area contributed by atoms with Gasteiger partial charge in [0.25, 0.3) is 0 Å². The van der Waals surface area contributed by atoms with Crippen molar-refractivity contribution in [2.45, 2.75) is 45.1 Å². The molecule has 0 saturated heterocycles. The first-order chi connectivity index (χ1) is 9.22. The Morgan fingerprint density at radius 2 is 1.80 bits per heavy atom. The second-order valence-electron chi connectivity index (χ2n) is 6.00. The Labute approximate surface area is 123 Å². The van der Waals surface area contributed by atoms with Crippen LogP contribution in [0.15, 0.2) is 29.2 Å². The number of sulfonamides is 1. The standard InChI is InChI=1S/C15H26N2O2S/c1-6-17-14(15(2,3)4)11-12-9-7-8-10-13(12)20(18,19)16-5/h7-10,14,16-17H,6,11H2,1-5H3. The van der Waals surface area contributed by atoms with Crippen LogP contribution in [0.3, 0.4) is 0 Å². The molecule has 5 heteroatoms. The van der Waals surface area contributed by atoms with Crippen molar-refractivity contribution in [3.63, 3.8) is 0 Å². The maximum Gasteiger partial charge on any atom is 0.240 e. The molecular weight excluding hydrogens is 272 g/mol. The van der Waals surface area contributed by atoms with Gasteiger partial charge in [0.15, 0.2) is 0 Å². The molecule has 20 heavy (non-hydrogen) atoms. The number of rotatable bonds is 6. The van der Waals surface area contributed by atoms with Gasteiger partial charge in [-0.1, -0.05) is 45.9 Å². The number of benzene rings is 1. The van der Waals surface area contributed by atoms with Gasteiger partial charge in [-0.05, 0) is 37.1 Å². The van der Waals surface area contributed by atoms with Gasteiger partial charge in [0.2, 0.25) is 10.0 Å². The molecule has 0 aromatic heterocycles. The molecule has 2 N–H and O–H groups in total. The average Bonchev–Trinajstić information content (AvgIpc) is 2.37. The molecule has 0 aliphatic heterocycles. The molecule has 0 radical (unpaired) electrons. The monoisotopic (exact) mass is 298 g/mol. The lowest BCUT2D eigenvalue weighted by Gasteiger charge is -2.32. The molecule has 114 valence electrons. The van der Waals surface area contributed by atoms with Crippen LogP contribution in [0.4, 0.5) is 0 Å². The van der Waals surface area contributed by atoms with E-state index in [1.807, 2.05) is 12.1 Å². The molecule has 1 aromatic rings. The lowest BCUT2D eigenvalue weighted by molar-refractivity contribution is 0.269. The highest BCUT2D eigenvalue weighted by Crippen LogP contribution is 2.25. The second-order valence-corrected chi connectivity index (χ2v) is 7.85. The predicted molar refractivity (Wildman–Crippen MR) is 83.3 cm³/mol. The van der Waals surface area contributed by atoms with Gasteiger partial charge in [0.1, 0.15) is 0 Å². The molecule has 0 heterocycles. The summed E-state index contributed by atoms with van der Waals surface area (Å²) in [4.78, 5) is 0.370. The van der Waals surface area contributed by atoms with Crippen molar-refractivity contribution in [2.24, 2.45) is 5.41 Å². The van der Waals surface area contributed by atoms with Crippen LogP contribution in [-0.2, 0) is 16.4 Å². The molecular formula is C15H26N2O2S. The molecule has 1 atom stereocenters. The van der Waals surface area contributed by atoms with Crippen molar-refractivity contribution in [3.8, 4) is 0 Å². The van der Waals surface area contributed by atoms with E-state index in [1.54, 1.807) is 12.1 Å². The minimum atomic E-state index is -3.41. The molecule has 1 unspecified atom stereocenters. The first-order valence-corrected chi connectivity index (χ1v) is 8.45. The molecule has 0 fully saturated rings. The zero-order valence-electron chi connectivity index (χ0n) is 13.0. The van der Waals surface area contributed by atoms with Crippen molar-refractivity contribution < 1.29 is 8.42 Å². The van der Waals surface area contributed by atoms with E-state index in [-0.39, 0.29) is 11.5 Å². The topological polar surface area (TPSA) is 58.2 Å². The van der Waals surface area contributed by atoms with Crippen molar-refractivity contribution >= 4 is 10.0 Å². The Bertz CT molecular complexity index is 533. The quantitative estimate of drug-likeness (QED) is 0.846. The van der Waals surface area contributed by atoms with E-state index in [0.29, 0.717) is 11.3 Å². The Morgan fingerprint density at radius 3 is 2.30 bits per heavy atom. The fourth-order valence-electron chi connectivity index (χ4n) is 2.20. The summed E-state index contributed by atoms with van der Waals surface area (Å²) in [6.45, 7) is 9.42. The first kappa shape index (κ1) is 17.1. The van der Waals surface area contributed by atoms with Gasteiger partial charge in [0.05, 0.1) is 4.90 Å². The smallest absolute Gasteiger partial charge is 0.240 e. The third-order valence-corrected chi connectivity index (χ3v) is 4.97. The van der Waals surface area contributed by atoms with Gasteiger partial charge in [-0.15, -0.1) is 0 Å². The molecule has 0 aliphatic rings. The minimum Gasteiger partial charge on any atom is -0.313 e. The highest BCUT2D eigenvalue weighted by molar-refractivity contribution is 7.89. The number of nitrogens with one attached hydrogen (secondary N) is 2. The first-order valence-electron chi connectivity index (χ1n) is 6.97. The largest absolute Gasteiger partial charge is 0.313 e. The summed E-state index contributed by atoms with van der Waals surface area (Å²) < 4.78 is 26.6. The van der Waals surface area contributed by atoms with E-state index >= 15 is 0 Å². The number of hydrogen-bond acceptors (Lipinski definition) is 3. The highest BCUT2D eigenvalue weighted by Gasteiger charge is 2.26. The van der Waals surface area contributed by atoms with Crippen LogP contribution in [0.2, 0.25) is 0 Å². The molecule has 1 rings (SSSR count). The molecule has 0 bridgehead atoms. The zero-order chi connectivity index (χ0) is 15.4. The van der Waals surface area contributed by atoms with Crippen LogP contribution in [-0.4, -0.2) is 28.1 Å². The van der Waals surface area contributed by atoms with E-state index in [1.165, 1.54) is 7.05 Å². The average molecular weight is 298 g/mol. The summed E-state index contributed by atoms with van der Waals surface area (Å²) in [5.74, 6) is 0. The maximum absolute atomic E-state index is 12.1. The van der Waals surface area contributed by atoms with Crippen LogP contribution in [0.1, 0.15) is 33.3 Å². The zero-order valence-corrected chi connectivity index (χ0v) is 13.8. The van der Waals surface area contributed by atoms with Gasteiger partial charge in [-0.3, -0.25) is 0 Å². The second kappa shape index (κ2) is 6.70. The van der Waals surface area contributed by atoms with Crippen LogP contribution in [0.5, 0.6) is 0 Å². The third kappa shape index (κ3) is 4.30. The summed E-state index contributed by atoms with van der Waals surface area (Å²) in [5.41, 5.74) is 0.912. The van der Waals surface area contributed by atoms with Crippen molar-refractivity contribution in [1.82, 2.24) is 10.0 Å².